The quantitative estimate of drug-likeness (QED) is 0.663. The van der Waals surface area contributed by atoms with Gasteiger partial charge in [-0.1, -0.05) is 35.6 Å². The average molecular weight is 418 g/mol. The number of fused-ring (bicyclic) bond motifs is 1. The van der Waals surface area contributed by atoms with Gasteiger partial charge in [-0.25, -0.2) is 12.8 Å². The van der Waals surface area contributed by atoms with Crippen molar-refractivity contribution < 1.29 is 17.6 Å². The Morgan fingerprint density at radius 3 is 2.64 bits per heavy atom. The lowest BCUT2D eigenvalue weighted by atomic mass is 10.0. The molecule has 1 atom stereocenters. The molecule has 144 valence electrons. The number of aromatic nitrogens is 2. The van der Waals surface area contributed by atoms with Gasteiger partial charge in [-0.3, -0.25) is 14.8 Å². The van der Waals surface area contributed by atoms with Crippen LogP contribution in [0.1, 0.15) is 23.5 Å². The first-order chi connectivity index (χ1) is 13.4. The van der Waals surface area contributed by atoms with Crippen LogP contribution in [0.15, 0.2) is 53.4 Å². The van der Waals surface area contributed by atoms with E-state index >= 15 is 0 Å². The van der Waals surface area contributed by atoms with Crippen molar-refractivity contribution in [2.24, 2.45) is 0 Å². The number of carbonyl (C=O) groups is 1. The number of aryl methyl sites for hydroxylation is 1. The first-order valence-corrected chi connectivity index (χ1v) is 10.7. The van der Waals surface area contributed by atoms with Crippen molar-refractivity contribution in [2.45, 2.75) is 23.7 Å². The number of amides is 1. The Balaban J connectivity index is 1.45. The lowest BCUT2D eigenvalue weighted by Gasteiger charge is -2.10. The average Bonchev–Trinajstić information content (AvgIpc) is 3.28. The van der Waals surface area contributed by atoms with Crippen molar-refractivity contribution >= 4 is 37.5 Å². The van der Waals surface area contributed by atoms with Crippen molar-refractivity contribution in [1.82, 2.24) is 10.2 Å². The first-order valence-electron chi connectivity index (χ1n) is 8.43. The summed E-state index contributed by atoms with van der Waals surface area (Å²) >= 11 is 0.921. The van der Waals surface area contributed by atoms with Crippen LogP contribution in [0.2, 0.25) is 0 Å². The van der Waals surface area contributed by atoms with Crippen LogP contribution in [0.5, 0.6) is 0 Å². The third-order valence-electron chi connectivity index (χ3n) is 4.43. The summed E-state index contributed by atoms with van der Waals surface area (Å²) in [4.78, 5) is 12.7. The molecule has 2 aromatic carbocycles. The molecule has 0 saturated carbocycles. The Hall–Kier alpha value is -2.85. The first kappa shape index (κ1) is 18.5. The highest BCUT2D eigenvalue weighted by molar-refractivity contribution is 7.93. The van der Waals surface area contributed by atoms with E-state index in [4.69, 9.17) is 0 Å². The third-order valence-corrected chi connectivity index (χ3v) is 6.67. The van der Waals surface area contributed by atoms with Crippen molar-refractivity contribution in [3.05, 3.63) is 65.5 Å². The lowest BCUT2D eigenvalue weighted by Crippen LogP contribution is -2.19. The zero-order valence-electron chi connectivity index (χ0n) is 14.4. The van der Waals surface area contributed by atoms with Gasteiger partial charge >= 0.3 is 0 Å². The predicted octanol–water partition coefficient (Wildman–Crippen LogP) is 3.15. The van der Waals surface area contributed by atoms with Crippen LogP contribution in [-0.4, -0.2) is 24.5 Å². The van der Waals surface area contributed by atoms with Gasteiger partial charge in [0.05, 0.1) is 10.8 Å². The number of carbonyl (C=O) groups excluding carboxylic acids is 1. The molecule has 4 rings (SSSR count). The molecule has 28 heavy (non-hydrogen) atoms. The van der Waals surface area contributed by atoms with Crippen LogP contribution >= 0.6 is 11.3 Å². The van der Waals surface area contributed by atoms with Gasteiger partial charge in [-0.15, -0.1) is 10.2 Å². The number of nitrogens with one attached hydrogen (secondary N) is 2. The zero-order chi connectivity index (χ0) is 19.7. The summed E-state index contributed by atoms with van der Waals surface area (Å²) in [5.41, 5.74) is 1.63. The molecule has 1 aromatic heterocycles. The minimum Gasteiger partial charge on any atom is -0.300 e. The summed E-state index contributed by atoms with van der Waals surface area (Å²) in [7, 11) is -3.78. The molecule has 1 heterocycles. The van der Waals surface area contributed by atoms with Gasteiger partial charge in [0, 0.05) is 0 Å². The smallest absolute Gasteiger partial charge is 0.263 e. The Morgan fingerprint density at radius 2 is 1.86 bits per heavy atom. The number of anilines is 2. The van der Waals surface area contributed by atoms with Crippen molar-refractivity contribution in [3.8, 4) is 0 Å². The SMILES string of the molecule is O=C(Nc1nnc(NS(=O)(=O)c2ccccc2)s1)C1CCc2cc(F)ccc21. The number of hydrogen-bond donors (Lipinski definition) is 2. The number of rotatable bonds is 5. The molecular formula is C18H15FN4O3S2. The fourth-order valence-corrected chi connectivity index (χ4v) is 5.04. The van der Waals surface area contributed by atoms with E-state index in [1.54, 1.807) is 24.3 Å². The van der Waals surface area contributed by atoms with Gasteiger partial charge in [0.25, 0.3) is 10.0 Å². The summed E-state index contributed by atoms with van der Waals surface area (Å²) in [6.07, 6.45) is 1.21. The molecule has 0 spiro atoms. The Kier molecular flexibility index (Phi) is 4.82. The third kappa shape index (κ3) is 3.73. The normalized spacial score (nSPS) is 15.8. The summed E-state index contributed by atoms with van der Waals surface area (Å²) in [5.74, 6) is -0.998. The molecule has 10 heteroatoms. The maximum atomic E-state index is 13.3. The largest absolute Gasteiger partial charge is 0.300 e. The molecular weight excluding hydrogens is 403 g/mol. The van der Waals surface area contributed by atoms with Gasteiger partial charge in [0.15, 0.2) is 0 Å². The van der Waals surface area contributed by atoms with Crippen molar-refractivity contribution in [3.63, 3.8) is 0 Å². The van der Waals surface area contributed by atoms with Crippen LogP contribution < -0.4 is 10.0 Å². The molecule has 0 bridgehead atoms. The highest BCUT2D eigenvalue weighted by atomic mass is 32.2. The lowest BCUT2D eigenvalue weighted by molar-refractivity contribution is -0.117. The molecule has 1 amide bonds. The van der Waals surface area contributed by atoms with Crippen LogP contribution in [-0.2, 0) is 21.2 Å². The van der Waals surface area contributed by atoms with Gasteiger partial charge in [-0.2, -0.15) is 0 Å². The number of halogens is 1. The second-order valence-corrected chi connectivity index (χ2v) is 8.91. The standard InChI is InChI=1S/C18H15FN4O3S2/c19-12-7-9-14-11(10-12)6-8-15(14)16(24)20-17-21-22-18(27-17)23-28(25,26)13-4-2-1-3-5-13/h1-5,7,9-10,15H,6,8H2,(H,22,23)(H,20,21,24). The fourth-order valence-electron chi connectivity index (χ4n) is 3.14. The molecule has 0 radical (unpaired) electrons. The van der Waals surface area contributed by atoms with Crippen LogP contribution in [0, 0.1) is 5.82 Å². The Labute approximate surface area is 164 Å². The molecule has 2 N–H and O–H groups in total. The number of benzene rings is 2. The monoisotopic (exact) mass is 418 g/mol. The van der Waals surface area contributed by atoms with E-state index in [1.807, 2.05) is 0 Å². The van der Waals surface area contributed by atoms with Gasteiger partial charge < -0.3 is 0 Å². The van der Waals surface area contributed by atoms with Crippen LogP contribution in [0.25, 0.3) is 0 Å². The highest BCUT2D eigenvalue weighted by Gasteiger charge is 2.29. The van der Waals surface area contributed by atoms with E-state index in [9.17, 15) is 17.6 Å². The van der Waals surface area contributed by atoms with E-state index in [-0.39, 0.29) is 26.9 Å². The Morgan fingerprint density at radius 1 is 1.11 bits per heavy atom. The minimum atomic E-state index is -3.78. The van der Waals surface area contributed by atoms with E-state index in [2.05, 4.69) is 20.2 Å². The molecule has 0 fully saturated rings. The molecule has 0 aliphatic heterocycles. The highest BCUT2D eigenvalue weighted by Crippen LogP contribution is 2.35. The topological polar surface area (TPSA) is 101 Å². The molecule has 3 aromatic rings. The summed E-state index contributed by atoms with van der Waals surface area (Å²) in [6.45, 7) is 0. The summed E-state index contributed by atoms with van der Waals surface area (Å²) < 4.78 is 40.3. The van der Waals surface area contributed by atoms with Crippen molar-refractivity contribution in [2.75, 3.05) is 10.0 Å². The maximum absolute atomic E-state index is 13.3. The predicted molar refractivity (Wildman–Crippen MR) is 103 cm³/mol. The van der Waals surface area contributed by atoms with Gasteiger partial charge in [0.1, 0.15) is 5.82 Å². The number of sulfonamides is 1. The van der Waals surface area contributed by atoms with E-state index in [0.717, 1.165) is 22.5 Å². The molecule has 1 aliphatic carbocycles. The fraction of sp³-hybridized carbons (Fsp3) is 0.167. The number of hydrogen-bond acceptors (Lipinski definition) is 6. The summed E-state index contributed by atoms with van der Waals surface area (Å²) in [5, 5.41) is 10.5. The molecule has 0 saturated heterocycles. The van der Waals surface area contributed by atoms with Crippen molar-refractivity contribution in [1.29, 1.82) is 0 Å². The van der Waals surface area contributed by atoms with Crippen LogP contribution in [0.3, 0.4) is 0 Å². The molecule has 7 nitrogen and oxygen atoms in total. The van der Waals surface area contributed by atoms with Gasteiger partial charge in [-0.05, 0) is 48.2 Å². The van der Waals surface area contributed by atoms with E-state index in [0.29, 0.717) is 12.8 Å². The van der Waals surface area contributed by atoms with E-state index in [1.165, 1.54) is 24.3 Å². The molecule has 1 aliphatic rings. The number of nitrogens with zero attached hydrogens (tertiary/aromatic N) is 2. The maximum Gasteiger partial charge on any atom is 0.263 e. The Bertz CT molecular complexity index is 1130. The van der Waals surface area contributed by atoms with Crippen LogP contribution in [0.4, 0.5) is 14.7 Å². The second-order valence-electron chi connectivity index (χ2n) is 6.25. The summed E-state index contributed by atoms with van der Waals surface area (Å²) in [6, 6.07) is 12.3. The van der Waals surface area contributed by atoms with Gasteiger partial charge in [0.2, 0.25) is 16.2 Å². The molecule has 1 unspecified atom stereocenters. The van der Waals surface area contributed by atoms with E-state index < -0.39 is 15.9 Å². The second kappa shape index (κ2) is 7.28. The zero-order valence-corrected chi connectivity index (χ0v) is 16.1. The minimum absolute atomic E-state index is 0.0491.